The summed E-state index contributed by atoms with van der Waals surface area (Å²) in [6, 6.07) is 0. The van der Waals surface area contributed by atoms with E-state index < -0.39 is 0 Å². The molecule has 0 aromatic carbocycles. The monoisotopic (exact) mass is 278 g/mol. The lowest BCUT2D eigenvalue weighted by atomic mass is 9.53. The second kappa shape index (κ2) is 5.01. The molecule has 4 aliphatic rings. The zero-order chi connectivity index (χ0) is 14.4. The summed E-state index contributed by atoms with van der Waals surface area (Å²) in [4.78, 5) is 12.1. The van der Waals surface area contributed by atoms with Crippen LogP contribution in [0, 0.1) is 17.8 Å². The van der Waals surface area contributed by atoms with Gasteiger partial charge < -0.3 is 10.6 Å². The van der Waals surface area contributed by atoms with Crippen LogP contribution < -0.4 is 10.6 Å². The summed E-state index contributed by atoms with van der Waals surface area (Å²) in [5, 5.41) is 6.80. The highest BCUT2D eigenvalue weighted by atomic mass is 16.2. The number of nitrogens with one attached hydrogen (secondary N) is 2. The molecule has 0 unspecified atom stereocenters. The summed E-state index contributed by atoms with van der Waals surface area (Å²) in [6.45, 7) is 6.80. The predicted molar refractivity (Wildman–Crippen MR) is 81.4 cm³/mol. The van der Waals surface area contributed by atoms with Crippen LogP contribution in [0.2, 0.25) is 0 Å². The Hall–Kier alpha value is -0.570. The van der Waals surface area contributed by atoms with Gasteiger partial charge in [-0.05, 0) is 76.5 Å². The van der Waals surface area contributed by atoms with Crippen LogP contribution >= 0.6 is 0 Å². The Morgan fingerprint density at radius 3 is 2.05 bits per heavy atom. The van der Waals surface area contributed by atoms with Gasteiger partial charge in [0, 0.05) is 11.1 Å². The van der Waals surface area contributed by atoms with Crippen LogP contribution in [-0.2, 0) is 4.79 Å². The molecule has 3 heteroatoms. The molecule has 4 rings (SSSR count). The smallest absolute Gasteiger partial charge is 0.234 e. The van der Waals surface area contributed by atoms with Crippen LogP contribution in [0.25, 0.3) is 0 Å². The van der Waals surface area contributed by atoms with Gasteiger partial charge in [-0.25, -0.2) is 0 Å². The van der Waals surface area contributed by atoms with E-state index in [1.165, 1.54) is 38.5 Å². The van der Waals surface area contributed by atoms with Crippen molar-refractivity contribution in [3.05, 3.63) is 0 Å². The van der Waals surface area contributed by atoms with Gasteiger partial charge in [-0.3, -0.25) is 4.79 Å². The minimum Gasteiger partial charge on any atom is -0.350 e. The van der Waals surface area contributed by atoms with Crippen LogP contribution in [-0.4, -0.2) is 23.5 Å². The van der Waals surface area contributed by atoms with Gasteiger partial charge in [0.2, 0.25) is 5.91 Å². The maximum Gasteiger partial charge on any atom is 0.234 e. The number of rotatable bonds is 5. The van der Waals surface area contributed by atoms with E-state index in [0.29, 0.717) is 12.1 Å². The molecule has 0 spiro atoms. The average Bonchev–Trinajstić information content (AvgIpc) is 2.34. The van der Waals surface area contributed by atoms with Crippen molar-refractivity contribution in [3.63, 3.8) is 0 Å². The van der Waals surface area contributed by atoms with Gasteiger partial charge in [-0.1, -0.05) is 6.92 Å². The summed E-state index contributed by atoms with van der Waals surface area (Å²) >= 11 is 0. The normalized spacial score (nSPS) is 39.0. The fourth-order valence-electron chi connectivity index (χ4n) is 5.10. The molecule has 4 saturated carbocycles. The third-order valence-electron chi connectivity index (χ3n) is 6.02. The molecule has 0 aliphatic heterocycles. The molecule has 4 fully saturated rings. The van der Waals surface area contributed by atoms with Crippen molar-refractivity contribution in [1.29, 1.82) is 0 Å². The van der Waals surface area contributed by atoms with Crippen molar-refractivity contribution in [2.75, 3.05) is 6.54 Å². The van der Waals surface area contributed by atoms with E-state index in [1.807, 2.05) is 0 Å². The molecule has 0 atom stereocenters. The van der Waals surface area contributed by atoms with Crippen LogP contribution in [0.4, 0.5) is 0 Å². The van der Waals surface area contributed by atoms with Gasteiger partial charge in [0.15, 0.2) is 0 Å². The molecule has 114 valence electrons. The fourth-order valence-corrected chi connectivity index (χ4v) is 5.10. The molecule has 0 heterocycles. The first kappa shape index (κ1) is 14.4. The topological polar surface area (TPSA) is 41.1 Å². The highest BCUT2D eigenvalue weighted by molar-refractivity contribution is 5.78. The Balaban J connectivity index is 1.55. The van der Waals surface area contributed by atoms with Crippen molar-refractivity contribution >= 4 is 5.91 Å². The quantitative estimate of drug-likeness (QED) is 0.812. The van der Waals surface area contributed by atoms with Gasteiger partial charge in [-0.2, -0.15) is 0 Å². The minimum atomic E-state index is -0.0831. The zero-order valence-corrected chi connectivity index (χ0v) is 13.3. The van der Waals surface area contributed by atoms with Gasteiger partial charge in [0.25, 0.3) is 0 Å². The van der Waals surface area contributed by atoms with Crippen LogP contribution in [0.1, 0.15) is 65.7 Å². The van der Waals surface area contributed by atoms with Crippen molar-refractivity contribution in [1.82, 2.24) is 10.6 Å². The Morgan fingerprint density at radius 2 is 1.60 bits per heavy atom. The third kappa shape index (κ3) is 2.88. The lowest BCUT2D eigenvalue weighted by Crippen LogP contribution is -2.60. The molecule has 0 aromatic rings. The summed E-state index contributed by atoms with van der Waals surface area (Å²) in [5.41, 5.74) is 0.211. The highest BCUT2D eigenvalue weighted by Gasteiger charge is 2.50. The van der Waals surface area contributed by atoms with Gasteiger partial charge in [-0.15, -0.1) is 0 Å². The van der Waals surface area contributed by atoms with Crippen molar-refractivity contribution in [2.24, 2.45) is 17.8 Å². The molecule has 3 nitrogen and oxygen atoms in total. The van der Waals surface area contributed by atoms with Crippen molar-refractivity contribution in [2.45, 2.75) is 76.8 Å². The van der Waals surface area contributed by atoms with Crippen LogP contribution in [0.5, 0.6) is 0 Å². The highest BCUT2D eigenvalue weighted by Crippen LogP contribution is 2.55. The van der Waals surface area contributed by atoms with Crippen LogP contribution in [0.15, 0.2) is 0 Å². The van der Waals surface area contributed by atoms with E-state index >= 15 is 0 Å². The van der Waals surface area contributed by atoms with Crippen molar-refractivity contribution < 1.29 is 4.79 Å². The lowest BCUT2D eigenvalue weighted by Gasteiger charge is -2.57. The van der Waals surface area contributed by atoms with Crippen molar-refractivity contribution in [3.8, 4) is 0 Å². The van der Waals surface area contributed by atoms with E-state index in [1.54, 1.807) is 0 Å². The Morgan fingerprint density at radius 1 is 1.10 bits per heavy atom. The van der Waals surface area contributed by atoms with Gasteiger partial charge in [0.05, 0.1) is 6.54 Å². The minimum absolute atomic E-state index is 0.0831. The maximum absolute atomic E-state index is 12.1. The predicted octanol–water partition coefficient (Wildman–Crippen LogP) is 2.85. The van der Waals surface area contributed by atoms with E-state index in [2.05, 4.69) is 31.4 Å². The number of carbonyl (C=O) groups excluding carboxylic acids is 1. The summed E-state index contributed by atoms with van der Waals surface area (Å²) in [5.74, 6) is 2.96. The zero-order valence-electron chi connectivity index (χ0n) is 13.3. The molecule has 20 heavy (non-hydrogen) atoms. The van der Waals surface area contributed by atoms with Crippen LogP contribution in [0.3, 0.4) is 0 Å². The molecular weight excluding hydrogens is 248 g/mol. The second-order valence-electron chi connectivity index (χ2n) is 8.34. The summed E-state index contributed by atoms with van der Waals surface area (Å²) in [7, 11) is 0. The number of carbonyl (C=O) groups is 1. The first-order valence-electron chi connectivity index (χ1n) is 8.46. The third-order valence-corrected chi connectivity index (χ3v) is 6.02. The molecule has 0 radical (unpaired) electrons. The Bertz CT molecular complexity index is 353. The molecule has 0 aromatic heterocycles. The number of hydrogen-bond donors (Lipinski definition) is 2. The first-order valence-corrected chi connectivity index (χ1v) is 8.46. The Labute approximate surface area is 123 Å². The van der Waals surface area contributed by atoms with E-state index in [9.17, 15) is 4.79 Å². The molecule has 4 aliphatic carbocycles. The molecule has 1 amide bonds. The second-order valence-corrected chi connectivity index (χ2v) is 8.34. The largest absolute Gasteiger partial charge is 0.350 e. The Kier molecular flexibility index (Phi) is 3.60. The molecule has 0 saturated heterocycles. The van der Waals surface area contributed by atoms with E-state index in [4.69, 9.17) is 0 Å². The standard InChI is InChI=1S/C17H30N2O/c1-4-16(2,3)19-15(20)11-18-17-8-12-5-13(9-17)7-14(6-12)10-17/h12-14,18H,4-11H2,1-3H3,(H,19,20). The average molecular weight is 278 g/mol. The summed E-state index contributed by atoms with van der Waals surface area (Å²) in [6.07, 6.45) is 9.26. The van der Waals surface area contributed by atoms with E-state index in [-0.39, 0.29) is 11.4 Å². The molecular formula is C17H30N2O. The SMILES string of the molecule is CCC(C)(C)NC(=O)CNC12CC3CC(CC(C3)C1)C2. The summed E-state index contributed by atoms with van der Waals surface area (Å²) < 4.78 is 0. The lowest BCUT2D eigenvalue weighted by molar-refractivity contribution is -0.123. The van der Waals surface area contributed by atoms with E-state index in [0.717, 1.165) is 24.2 Å². The maximum atomic E-state index is 12.1. The number of amides is 1. The molecule has 4 bridgehead atoms. The molecule has 2 N–H and O–H groups in total. The number of hydrogen-bond acceptors (Lipinski definition) is 2. The first-order chi connectivity index (χ1) is 9.40. The van der Waals surface area contributed by atoms with Gasteiger partial charge >= 0.3 is 0 Å². The van der Waals surface area contributed by atoms with Gasteiger partial charge in [0.1, 0.15) is 0 Å². The fraction of sp³-hybridized carbons (Fsp3) is 0.941.